The third-order valence-corrected chi connectivity index (χ3v) is 1.86. The Morgan fingerprint density at radius 2 is 2.00 bits per heavy atom. The average Bonchev–Trinajstić information content (AvgIpc) is 2.17. The lowest BCUT2D eigenvalue weighted by Gasteiger charge is -2.04. The number of rotatable bonds is 8. The van der Waals surface area contributed by atoms with Gasteiger partial charge in [0.15, 0.2) is 0 Å². The SMILES string of the molecule is CSCCOCCC(=O)OCOC(=O)O. The average molecular weight is 238 g/mol. The Kier molecular flexibility index (Phi) is 8.99. The third kappa shape index (κ3) is 11.0. The van der Waals surface area contributed by atoms with Gasteiger partial charge in [-0.05, 0) is 6.26 Å². The van der Waals surface area contributed by atoms with Gasteiger partial charge in [-0.25, -0.2) is 4.79 Å². The van der Waals surface area contributed by atoms with E-state index in [1.165, 1.54) is 0 Å². The molecule has 15 heavy (non-hydrogen) atoms. The van der Waals surface area contributed by atoms with Crippen LogP contribution in [-0.2, 0) is 19.0 Å². The van der Waals surface area contributed by atoms with Crippen molar-refractivity contribution < 1.29 is 28.9 Å². The summed E-state index contributed by atoms with van der Waals surface area (Å²) >= 11 is 1.65. The van der Waals surface area contributed by atoms with Gasteiger partial charge in [0, 0.05) is 5.75 Å². The largest absolute Gasteiger partial charge is 0.508 e. The van der Waals surface area contributed by atoms with Crippen LogP contribution in [0.5, 0.6) is 0 Å². The molecule has 0 rings (SSSR count). The first-order valence-electron chi connectivity index (χ1n) is 4.25. The molecule has 0 radical (unpaired) electrons. The summed E-state index contributed by atoms with van der Waals surface area (Å²) in [5, 5.41) is 8.06. The van der Waals surface area contributed by atoms with Crippen molar-refractivity contribution in [1.82, 2.24) is 0 Å². The highest BCUT2D eigenvalue weighted by Crippen LogP contribution is 1.93. The van der Waals surface area contributed by atoms with Gasteiger partial charge in [0.25, 0.3) is 0 Å². The van der Waals surface area contributed by atoms with Crippen LogP contribution in [0.3, 0.4) is 0 Å². The number of carboxylic acid groups (broad SMARTS) is 1. The minimum atomic E-state index is -1.47. The van der Waals surface area contributed by atoms with E-state index < -0.39 is 18.9 Å². The number of hydrogen-bond donors (Lipinski definition) is 1. The van der Waals surface area contributed by atoms with E-state index in [-0.39, 0.29) is 13.0 Å². The minimum Gasteiger partial charge on any atom is -0.450 e. The van der Waals surface area contributed by atoms with Gasteiger partial charge in [-0.3, -0.25) is 4.79 Å². The fourth-order valence-electron chi connectivity index (χ4n) is 0.618. The third-order valence-electron chi connectivity index (χ3n) is 1.28. The van der Waals surface area contributed by atoms with Gasteiger partial charge in [0.05, 0.1) is 19.6 Å². The first-order valence-corrected chi connectivity index (χ1v) is 5.64. The Morgan fingerprint density at radius 1 is 1.27 bits per heavy atom. The number of carbonyl (C=O) groups excluding carboxylic acids is 1. The van der Waals surface area contributed by atoms with E-state index in [0.717, 1.165) is 5.75 Å². The van der Waals surface area contributed by atoms with Crippen molar-refractivity contribution in [1.29, 1.82) is 0 Å². The molecule has 0 fully saturated rings. The van der Waals surface area contributed by atoms with Gasteiger partial charge in [0.1, 0.15) is 0 Å². The van der Waals surface area contributed by atoms with Crippen LogP contribution in [0.2, 0.25) is 0 Å². The molecule has 0 spiro atoms. The lowest BCUT2D eigenvalue weighted by Crippen LogP contribution is -2.13. The maximum atomic E-state index is 10.9. The van der Waals surface area contributed by atoms with Crippen LogP contribution in [0, 0.1) is 0 Å². The summed E-state index contributed by atoms with van der Waals surface area (Å²) in [6, 6.07) is 0. The number of esters is 1. The molecule has 6 nitrogen and oxygen atoms in total. The van der Waals surface area contributed by atoms with Gasteiger partial charge < -0.3 is 19.3 Å². The Labute approximate surface area is 91.9 Å². The number of thioether (sulfide) groups is 1. The molecule has 0 saturated heterocycles. The lowest BCUT2D eigenvalue weighted by atomic mass is 10.5. The maximum Gasteiger partial charge on any atom is 0.508 e. The first-order chi connectivity index (χ1) is 7.16. The van der Waals surface area contributed by atoms with E-state index in [1.54, 1.807) is 11.8 Å². The molecule has 7 heteroatoms. The van der Waals surface area contributed by atoms with Crippen molar-refractivity contribution >= 4 is 23.9 Å². The molecule has 0 aromatic carbocycles. The van der Waals surface area contributed by atoms with Crippen LogP contribution in [0.15, 0.2) is 0 Å². The molecular formula is C8H14O6S. The molecule has 0 aromatic rings. The van der Waals surface area contributed by atoms with E-state index >= 15 is 0 Å². The van der Waals surface area contributed by atoms with Crippen LogP contribution >= 0.6 is 11.8 Å². The van der Waals surface area contributed by atoms with Crippen LogP contribution in [0.4, 0.5) is 4.79 Å². The fourth-order valence-corrected chi connectivity index (χ4v) is 0.902. The second-order valence-corrected chi connectivity index (χ2v) is 3.39. The molecule has 0 aliphatic heterocycles. The molecule has 88 valence electrons. The van der Waals surface area contributed by atoms with Crippen molar-refractivity contribution in [3.05, 3.63) is 0 Å². The molecule has 0 saturated carbocycles. The molecule has 0 unspecified atom stereocenters. The summed E-state index contributed by atoms with van der Waals surface area (Å²) in [6.45, 7) is 0.283. The van der Waals surface area contributed by atoms with E-state index in [1.807, 2.05) is 6.26 Å². The summed E-state index contributed by atoms with van der Waals surface area (Å²) in [5.41, 5.74) is 0. The van der Waals surface area contributed by atoms with Crippen molar-refractivity contribution in [2.45, 2.75) is 6.42 Å². The smallest absolute Gasteiger partial charge is 0.450 e. The second-order valence-electron chi connectivity index (χ2n) is 2.40. The first kappa shape index (κ1) is 14.1. The molecule has 0 amide bonds. The van der Waals surface area contributed by atoms with E-state index in [9.17, 15) is 9.59 Å². The van der Waals surface area contributed by atoms with Gasteiger partial charge in [-0.15, -0.1) is 0 Å². The second kappa shape index (κ2) is 9.60. The minimum absolute atomic E-state index is 0.0946. The van der Waals surface area contributed by atoms with Gasteiger partial charge in [-0.2, -0.15) is 11.8 Å². The van der Waals surface area contributed by atoms with Crippen LogP contribution < -0.4 is 0 Å². The van der Waals surface area contributed by atoms with Crippen LogP contribution in [0.1, 0.15) is 6.42 Å². The fraction of sp³-hybridized carbons (Fsp3) is 0.750. The Hall–Kier alpha value is -0.950. The molecular weight excluding hydrogens is 224 g/mol. The van der Waals surface area contributed by atoms with Crippen molar-refractivity contribution in [2.24, 2.45) is 0 Å². The van der Waals surface area contributed by atoms with Gasteiger partial charge in [-0.1, -0.05) is 0 Å². The summed E-state index contributed by atoms with van der Waals surface area (Å²) < 4.78 is 13.5. The monoisotopic (exact) mass is 238 g/mol. The van der Waals surface area contributed by atoms with Gasteiger partial charge >= 0.3 is 12.1 Å². The Bertz CT molecular complexity index is 196. The lowest BCUT2D eigenvalue weighted by molar-refractivity contribution is -0.153. The molecule has 0 bridgehead atoms. The summed E-state index contributed by atoms with van der Waals surface area (Å²) in [5.74, 6) is 0.331. The topological polar surface area (TPSA) is 82.1 Å². The molecule has 0 aromatic heterocycles. The summed E-state index contributed by atoms with van der Waals surface area (Å²) in [4.78, 5) is 20.7. The van der Waals surface area contributed by atoms with Gasteiger partial charge in [0.2, 0.25) is 6.79 Å². The van der Waals surface area contributed by atoms with Crippen molar-refractivity contribution in [3.8, 4) is 0 Å². The Balaban J connectivity index is 3.22. The van der Waals surface area contributed by atoms with E-state index in [4.69, 9.17) is 9.84 Å². The van der Waals surface area contributed by atoms with Crippen LogP contribution in [-0.4, -0.2) is 49.2 Å². The normalized spacial score (nSPS) is 9.67. The van der Waals surface area contributed by atoms with Crippen molar-refractivity contribution in [3.63, 3.8) is 0 Å². The van der Waals surface area contributed by atoms with Crippen LogP contribution in [0.25, 0.3) is 0 Å². The zero-order chi connectivity index (χ0) is 11.5. The van der Waals surface area contributed by atoms with Crippen molar-refractivity contribution in [2.75, 3.05) is 32.0 Å². The predicted molar refractivity (Wildman–Crippen MR) is 53.9 cm³/mol. The highest BCUT2D eigenvalue weighted by atomic mass is 32.2. The van der Waals surface area contributed by atoms with E-state index in [2.05, 4.69) is 9.47 Å². The number of carbonyl (C=O) groups is 2. The highest BCUT2D eigenvalue weighted by molar-refractivity contribution is 7.98. The zero-order valence-corrected chi connectivity index (χ0v) is 9.25. The molecule has 0 atom stereocenters. The summed E-state index contributed by atoms with van der Waals surface area (Å²) in [6.07, 6.45) is 0.581. The summed E-state index contributed by atoms with van der Waals surface area (Å²) in [7, 11) is 0. The Morgan fingerprint density at radius 3 is 2.60 bits per heavy atom. The predicted octanol–water partition coefficient (Wildman–Crippen LogP) is 0.951. The zero-order valence-electron chi connectivity index (χ0n) is 8.43. The number of hydrogen-bond acceptors (Lipinski definition) is 6. The molecule has 0 aliphatic rings. The quantitative estimate of drug-likeness (QED) is 0.383. The number of ether oxygens (including phenoxy) is 3. The molecule has 0 aliphatic carbocycles. The molecule has 1 N–H and O–H groups in total. The standard InChI is InChI=1S/C8H14O6S/c1-15-5-4-12-3-2-7(9)13-6-14-8(10)11/h2-6H2,1H3,(H,10,11). The van der Waals surface area contributed by atoms with E-state index in [0.29, 0.717) is 6.61 Å². The highest BCUT2D eigenvalue weighted by Gasteiger charge is 2.04. The maximum absolute atomic E-state index is 10.9. The molecule has 0 heterocycles.